The van der Waals surface area contributed by atoms with Gasteiger partial charge in [-0.3, -0.25) is 0 Å². The normalized spacial score (nSPS) is 12.6. The van der Waals surface area contributed by atoms with Crippen molar-refractivity contribution in [2.24, 2.45) is 5.73 Å². The minimum absolute atomic E-state index is 0.450. The molecule has 1 aromatic carbocycles. The number of halogens is 1. The molecule has 1 aromatic heterocycles. The van der Waals surface area contributed by atoms with Crippen LogP contribution in [0.15, 0.2) is 34.5 Å². The zero-order valence-corrected chi connectivity index (χ0v) is 16.1. The average Bonchev–Trinajstić information content (AvgIpc) is 3.21. The first-order valence-electron chi connectivity index (χ1n) is 8.06. The van der Waals surface area contributed by atoms with Gasteiger partial charge in [-0.25, -0.2) is 0 Å². The van der Waals surface area contributed by atoms with Crippen molar-refractivity contribution in [3.8, 4) is 0 Å². The quantitative estimate of drug-likeness (QED) is 0.600. The van der Waals surface area contributed by atoms with Gasteiger partial charge in [0.05, 0.1) is 0 Å². The SMILES string of the molecule is CCCC[S-](#[O+])c1ccc(C(N)=O)s1.Clc1ccc2c(c1)CCC2. The van der Waals surface area contributed by atoms with E-state index in [4.69, 9.17) is 17.3 Å². The molecule has 1 amide bonds. The van der Waals surface area contributed by atoms with Crippen LogP contribution in [0.3, 0.4) is 0 Å². The van der Waals surface area contributed by atoms with E-state index in [2.05, 4.69) is 19.1 Å². The number of benzene rings is 1. The maximum atomic E-state index is 11.6. The minimum atomic E-state index is -0.968. The van der Waals surface area contributed by atoms with Crippen molar-refractivity contribution in [1.29, 1.82) is 0 Å². The van der Waals surface area contributed by atoms with Gasteiger partial charge in [0.15, 0.2) is 0 Å². The fourth-order valence-electron chi connectivity index (χ4n) is 2.49. The first-order chi connectivity index (χ1) is 11.5. The smallest absolute Gasteiger partial charge is 0.0408 e. The van der Waals surface area contributed by atoms with E-state index < -0.39 is 16.5 Å². The third kappa shape index (κ3) is 5.52. The number of fused-ring (bicyclic) bond motifs is 1. The molecule has 3 nitrogen and oxygen atoms in total. The number of carbonyl (C=O) groups excluding carboxylic acids is 1. The number of nitrogens with two attached hydrogens (primary N) is 1. The van der Waals surface area contributed by atoms with Crippen LogP contribution in [0.4, 0.5) is 0 Å². The second kappa shape index (κ2) is 9.47. The molecule has 0 radical (unpaired) electrons. The second-order valence-corrected chi connectivity index (χ2v) is 8.97. The largest absolute Gasteiger partial charge is 0.0843 e. The molecule has 1 aliphatic rings. The molecule has 0 bridgehead atoms. The summed E-state index contributed by atoms with van der Waals surface area (Å²) in [7, 11) is -0.968. The van der Waals surface area contributed by atoms with E-state index in [1.165, 1.54) is 41.7 Å². The van der Waals surface area contributed by atoms with Crippen LogP contribution in [0.1, 0.15) is 47.0 Å². The second-order valence-electron chi connectivity index (χ2n) is 5.65. The molecule has 3 rings (SSSR count). The number of rotatable bonds is 3. The van der Waals surface area contributed by atoms with Gasteiger partial charge in [-0.1, -0.05) is 17.7 Å². The molecule has 24 heavy (non-hydrogen) atoms. The van der Waals surface area contributed by atoms with E-state index in [0.29, 0.717) is 10.6 Å². The third-order valence-electron chi connectivity index (χ3n) is 3.79. The zero-order chi connectivity index (χ0) is 17.5. The summed E-state index contributed by atoms with van der Waals surface area (Å²) >= 11 is 7.05. The van der Waals surface area contributed by atoms with E-state index >= 15 is 0 Å². The van der Waals surface area contributed by atoms with E-state index in [1.807, 2.05) is 6.07 Å². The van der Waals surface area contributed by atoms with Gasteiger partial charge in [0, 0.05) is 5.02 Å². The van der Waals surface area contributed by atoms with Crippen molar-refractivity contribution in [2.75, 3.05) is 5.75 Å². The summed E-state index contributed by atoms with van der Waals surface area (Å²) in [5.41, 5.74) is 8.04. The first kappa shape index (κ1) is 19.3. The predicted molar refractivity (Wildman–Crippen MR) is 102 cm³/mol. The monoisotopic (exact) mass is 383 g/mol. The van der Waals surface area contributed by atoms with Crippen molar-refractivity contribution in [3.05, 3.63) is 51.4 Å². The summed E-state index contributed by atoms with van der Waals surface area (Å²) in [5, 5.41) is 0.876. The summed E-state index contributed by atoms with van der Waals surface area (Å²) in [6, 6.07) is 9.56. The number of unbranched alkanes of at least 4 members (excludes halogenated alkanes) is 1. The molecule has 0 aliphatic heterocycles. The Hall–Kier alpha value is -1.01. The van der Waals surface area contributed by atoms with Gasteiger partial charge < -0.3 is 0 Å². The summed E-state index contributed by atoms with van der Waals surface area (Å²) in [5.74, 6) is 0.212. The Morgan fingerprint density at radius 2 is 2.04 bits per heavy atom. The van der Waals surface area contributed by atoms with Gasteiger partial charge in [0.25, 0.3) is 0 Å². The molecule has 2 N–H and O–H groups in total. The van der Waals surface area contributed by atoms with Crippen molar-refractivity contribution in [3.63, 3.8) is 0 Å². The Balaban J connectivity index is 0.000000182. The zero-order valence-electron chi connectivity index (χ0n) is 13.7. The van der Waals surface area contributed by atoms with Crippen molar-refractivity contribution >= 4 is 39.5 Å². The summed E-state index contributed by atoms with van der Waals surface area (Å²) < 4.78 is 12.4. The van der Waals surface area contributed by atoms with Crippen LogP contribution in [0.2, 0.25) is 5.02 Å². The van der Waals surface area contributed by atoms with Crippen LogP contribution in [0.25, 0.3) is 0 Å². The van der Waals surface area contributed by atoms with E-state index in [0.717, 1.165) is 22.1 Å². The first-order valence-corrected chi connectivity index (χ1v) is 10.6. The summed E-state index contributed by atoms with van der Waals surface area (Å²) in [6.45, 7) is 2.06. The number of carbonyl (C=O) groups is 1. The van der Waals surface area contributed by atoms with Crippen molar-refractivity contribution < 1.29 is 8.84 Å². The average molecular weight is 384 g/mol. The van der Waals surface area contributed by atoms with Gasteiger partial charge >= 0.3 is 89.2 Å². The molecule has 0 fully saturated rings. The Labute approximate surface area is 154 Å². The van der Waals surface area contributed by atoms with Crippen LogP contribution < -0.4 is 5.73 Å². The molecule has 130 valence electrons. The Bertz CT molecular complexity index is 777. The molecule has 0 saturated heterocycles. The van der Waals surface area contributed by atoms with Crippen LogP contribution in [0.5, 0.6) is 0 Å². The fraction of sp³-hybridized carbons (Fsp3) is 0.389. The Morgan fingerprint density at radius 3 is 2.71 bits per heavy atom. The van der Waals surface area contributed by atoms with E-state index in [9.17, 15) is 8.84 Å². The fourth-order valence-corrected chi connectivity index (χ4v) is 5.14. The third-order valence-corrected chi connectivity index (χ3v) is 6.97. The summed E-state index contributed by atoms with van der Waals surface area (Å²) in [4.78, 5) is 11.3. The molecule has 0 spiro atoms. The molecular formula is C18H22ClNO2S2. The van der Waals surface area contributed by atoms with Crippen molar-refractivity contribution in [2.45, 2.75) is 43.2 Å². The minimum Gasteiger partial charge on any atom is -0.0843 e. The van der Waals surface area contributed by atoms with Crippen molar-refractivity contribution in [1.82, 2.24) is 0 Å². The number of thiophene rings is 1. The summed E-state index contributed by atoms with van der Waals surface area (Å²) in [6.07, 6.45) is 5.73. The molecule has 1 aliphatic carbocycles. The predicted octanol–water partition coefficient (Wildman–Crippen LogP) is 4.80. The van der Waals surface area contributed by atoms with E-state index in [1.54, 1.807) is 12.1 Å². The van der Waals surface area contributed by atoms with Crippen LogP contribution >= 0.6 is 22.9 Å². The number of primary amides is 1. The molecule has 6 heteroatoms. The maximum Gasteiger partial charge on any atom is 0.0408 e. The molecule has 0 saturated carbocycles. The number of hydrogen-bond donors (Lipinski definition) is 1. The molecule has 0 unspecified atom stereocenters. The van der Waals surface area contributed by atoms with Gasteiger partial charge in [-0.15, -0.1) is 0 Å². The Kier molecular flexibility index (Phi) is 7.62. The van der Waals surface area contributed by atoms with Gasteiger partial charge in [0.2, 0.25) is 0 Å². The van der Waals surface area contributed by atoms with Gasteiger partial charge in [-0.2, -0.15) is 0 Å². The molecule has 0 atom stereocenters. The van der Waals surface area contributed by atoms with E-state index in [-0.39, 0.29) is 0 Å². The topological polar surface area (TPSA) is 63.0 Å². The van der Waals surface area contributed by atoms with Crippen LogP contribution in [0, 0.1) is 0 Å². The maximum absolute atomic E-state index is 11.6. The number of amides is 1. The Morgan fingerprint density at radius 1 is 1.29 bits per heavy atom. The molecule has 2 aromatic rings. The van der Waals surface area contributed by atoms with Gasteiger partial charge in [0.1, 0.15) is 0 Å². The number of aryl methyl sites for hydroxylation is 2. The van der Waals surface area contributed by atoms with Crippen LogP contribution in [-0.4, -0.2) is 11.7 Å². The molecule has 1 heterocycles. The molecular weight excluding hydrogens is 362 g/mol. The number of hydrogen-bond acceptors (Lipinski definition) is 3. The standard InChI is InChI=1S/C9H9Cl.C9H13NO2S2/c10-9-5-4-7-2-1-3-8(7)6-9;1-2-3-6-14(12)8-5-4-7(13-8)9(10)11/h4-6H,1-3H2;4-5H,2-3,6H2,1H3,(H2,10,11). The van der Waals surface area contributed by atoms with Gasteiger partial charge in [-0.05, 0) is 42.5 Å². The van der Waals surface area contributed by atoms with Crippen LogP contribution in [-0.2, 0) is 27.5 Å².